The molecule has 2 rings (SSSR count). The maximum absolute atomic E-state index is 12.1. The Labute approximate surface area is 136 Å². The molecule has 0 bridgehead atoms. The molecule has 0 spiro atoms. The van der Waals surface area contributed by atoms with Gasteiger partial charge in [-0.25, -0.2) is 17.9 Å². The monoisotopic (exact) mass is 336 g/mol. The number of benzene rings is 1. The molecule has 7 nitrogen and oxygen atoms in total. The number of piperidine rings is 1. The van der Waals surface area contributed by atoms with Crippen molar-refractivity contribution in [1.29, 1.82) is 5.26 Å². The molecule has 1 fully saturated rings. The standard InChI is InChI=1S/C15H20N4O3S/c1-23(21,22)18-14-6-8-19(9-7-14)15(20)17-11-13-4-2-12(10-16)3-5-13/h2-5,14,18H,6-9,11H2,1H3,(H,17,20). The van der Waals surface area contributed by atoms with Crippen molar-refractivity contribution in [2.45, 2.75) is 25.4 Å². The van der Waals surface area contributed by atoms with Gasteiger partial charge in [0.1, 0.15) is 0 Å². The highest BCUT2D eigenvalue weighted by atomic mass is 32.2. The summed E-state index contributed by atoms with van der Waals surface area (Å²) >= 11 is 0. The van der Waals surface area contributed by atoms with Crippen molar-refractivity contribution in [3.63, 3.8) is 0 Å². The average molecular weight is 336 g/mol. The van der Waals surface area contributed by atoms with Gasteiger partial charge in [-0.05, 0) is 30.5 Å². The number of nitrogens with zero attached hydrogens (tertiary/aromatic N) is 2. The van der Waals surface area contributed by atoms with E-state index in [9.17, 15) is 13.2 Å². The molecule has 1 saturated heterocycles. The highest BCUT2D eigenvalue weighted by Gasteiger charge is 2.24. The molecule has 1 aromatic rings. The number of nitriles is 1. The first-order chi connectivity index (χ1) is 10.9. The zero-order chi connectivity index (χ0) is 16.9. The molecule has 0 aliphatic carbocycles. The van der Waals surface area contributed by atoms with Gasteiger partial charge in [-0.15, -0.1) is 0 Å². The Morgan fingerprint density at radius 3 is 2.43 bits per heavy atom. The predicted octanol–water partition coefficient (Wildman–Crippen LogP) is 0.781. The second-order valence-electron chi connectivity index (χ2n) is 5.62. The van der Waals surface area contributed by atoms with Crippen LogP contribution >= 0.6 is 0 Å². The van der Waals surface area contributed by atoms with E-state index in [1.807, 2.05) is 6.07 Å². The molecular weight excluding hydrogens is 316 g/mol. The molecule has 8 heteroatoms. The van der Waals surface area contributed by atoms with Crippen LogP contribution in [0.4, 0.5) is 4.79 Å². The number of urea groups is 1. The fourth-order valence-corrected chi connectivity index (χ4v) is 3.33. The van der Waals surface area contributed by atoms with E-state index in [0.29, 0.717) is 38.0 Å². The zero-order valence-electron chi connectivity index (χ0n) is 12.9. The topological polar surface area (TPSA) is 102 Å². The summed E-state index contributed by atoms with van der Waals surface area (Å²) in [7, 11) is -3.21. The van der Waals surface area contributed by atoms with Crippen LogP contribution in [0.25, 0.3) is 0 Å². The molecule has 2 amide bonds. The number of likely N-dealkylation sites (tertiary alicyclic amines) is 1. The number of carbonyl (C=O) groups excluding carboxylic acids is 1. The van der Waals surface area contributed by atoms with Crippen LogP contribution < -0.4 is 10.0 Å². The van der Waals surface area contributed by atoms with Crippen molar-refractivity contribution in [3.8, 4) is 6.07 Å². The molecule has 124 valence electrons. The first-order valence-electron chi connectivity index (χ1n) is 7.36. The van der Waals surface area contributed by atoms with Crippen LogP contribution in [0.2, 0.25) is 0 Å². The number of nitrogens with one attached hydrogen (secondary N) is 2. The molecule has 1 heterocycles. The maximum Gasteiger partial charge on any atom is 0.317 e. The molecular formula is C15H20N4O3S. The van der Waals surface area contributed by atoms with Crippen LogP contribution in [0.3, 0.4) is 0 Å². The second-order valence-corrected chi connectivity index (χ2v) is 7.40. The smallest absolute Gasteiger partial charge is 0.317 e. The fourth-order valence-electron chi connectivity index (χ4n) is 2.49. The number of rotatable bonds is 4. The Morgan fingerprint density at radius 2 is 1.91 bits per heavy atom. The molecule has 2 N–H and O–H groups in total. The Bertz CT molecular complexity index is 686. The Kier molecular flexibility index (Phi) is 5.58. The number of hydrogen-bond acceptors (Lipinski definition) is 4. The lowest BCUT2D eigenvalue weighted by Crippen LogP contribution is -2.49. The van der Waals surface area contributed by atoms with Crippen molar-refractivity contribution < 1.29 is 13.2 Å². The van der Waals surface area contributed by atoms with E-state index < -0.39 is 10.0 Å². The van der Waals surface area contributed by atoms with Gasteiger partial charge in [-0.1, -0.05) is 12.1 Å². The highest BCUT2D eigenvalue weighted by molar-refractivity contribution is 7.88. The number of sulfonamides is 1. The van der Waals surface area contributed by atoms with Crippen LogP contribution in [0.1, 0.15) is 24.0 Å². The first kappa shape index (κ1) is 17.2. The SMILES string of the molecule is CS(=O)(=O)NC1CCN(C(=O)NCc2ccc(C#N)cc2)CC1. The summed E-state index contributed by atoms with van der Waals surface area (Å²) in [5.41, 5.74) is 1.51. The number of hydrogen-bond donors (Lipinski definition) is 2. The molecule has 0 atom stereocenters. The summed E-state index contributed by atoms with van der Waals surface area (Å²) in [4.78, 5) is 13.8. The van der Waals surface area contributed by atoms with Crippen LogP contribution in [0, 0.1) is 11.3 Å². The van der Waals surface area contributed by atoms with Crippen molar-refractivity contribution in [2.24, 2.45) is 0 Å². The van der Waals surface area contributed by atoms with E-state index in [2.05, 4.69) is 10.0 Å². The van der Waals surface area contributed by atoms with Crippen molar-refractivity contribution >= 4 is 16.1 Å². The average Bonchev–Trinajstić information content (AvgIpc) is 2.52. The normalized spacial score (nSPS) is 15.9. The van der Waals surface area contributed by atoms with Gasteiger partial charge in [0.15, 0.2) is 0 Å². The third-order valence-electron chi connectivity index (χ3n) is 3.69. The minimum absolute atomic E-state index is 0.104. The lowest BCUT2D eigenvalue weighted by molar-refractivity contribution is 0.179. The summed E-state index contributed by atoms with van der Waals surface area (Å²) < 4.78 is 25.0. The van der Waals surface area contributed by atoms with Crippen LogP contribution in [-0.2, 0) is 16.6 Å². The minimum atomic E-state index is -3.21. The van der Waals surface area contributed by atoms with E-state index in [-0.39, 0.29) is 12.1 Å². The Morgan fingerprint density at radius 1 is 1.30 bits per heavy atom. The molecule has 0 radical (unpaired) electrons. The molecule has 0 aromatic heterocycles. The fraction of sp³-hybridized carbons (Fsp3) is 0.467. The van der Waals surface area contributed by atoms with E-state index in [4.69, 9.17) is 5.26 Å². The second kappa shape index (κ2) is 7.44. The molecule has 1 aliphatic heterocycles. The maximum atomic E-state index is 12.1. The van der Waals surface area contributed by atoms with Gasteiger partial charge in [0.25, 0.3) is 0 Å². The van der Waals surface area contributed by atoms with E-state index >= 15 is 0 Å². The number of carbonyl (C=O) groups is 1. The van der Waals surface area contributed by atoms with Gasteiger partial charge in [0.2, 0.25) is 10.0 Å². The predicted molar refractivity (Wildman–Crippen MR) is 86.0 cm³/mol. The van der Waals surface area contributed by atoms with E-state index in [1.165, 1.54) is 0 Å². The number of amides is 2. The van der Waals surface area contributed by atoms with Gasteiger partial charge in [0.05, 0.1) is 17.9 Å². The molecule has 1 aliphatic rings. The van der Waals surface area contributed by atoms with Gasteiger partial charge in [-0.2, -0.15) is 5.26 Å². The van der Waals surface area contributed by atoms with Crippen molar-refractivity contribution in [2.75, 3.05) is 19.3 Å². The van der Waals surface area contributed by atoms with Crippen LogP contribution in [-0.4, -0.2) is 44.7 Å². The minimum Gasteiger partial charge on any atom is -0.334 e. The summed E-state index contributed by atoms with van der Waals surface area (Å²) in [6.07, 6.45) is 2.36. The molecule has 0 unspecified atom stereocenters. The summed E-state index contributed by atoms with van der Waals surface area (Å²) in [6.45, 7) is 1.44. The third-order valence-corrected chi connectivity index (χ3v) is 4.45. The van der Waals surface area contributed by atoms with Crippen LogP contribution in [0.15, 0.2) is 24.3 Å². The molecule has 1 aromatic carbocycles. The van der Waals surface area contributed by atoms with Crippen LogP contribution in [0.5, 0.6) is 0 Å². The van der Waals surface area contributed by atoms with Gasteiger partial charge in [0, 0.05) is 25.7 Å². The summed E-state index contributed by atoms with van der Waals surface area (Å²) in [6, 6.07) is 8.82. The lowest BCUT2D eigenvalue weighted by Gasteiger charge is -2.32. The quantitative estimate of drug-likeness (QED) is 0.848. The van der Waals surface area contributed by atoms with E-state index in [1.54, 1.807) is 29.2 Å². The summed E-state index contributed by atoms with van der Waals surface area (Å²) in [5.74, 6) is 0. The lowest BCUT2D eigenvalue weighted by atomic mass is 10.1. The van der Waals surface area contributed by atoms with Gasteiger partial charge in [-0.3, -0.25) is 0 Å². The molecule has 23 heavy (non-hydrogen) atoms. The first-order valence-corrected chi connectivity index (χ1v) is 9.25. The third kappa shape index (κ3) is 5.54. The van der Waals surface area contributed by atoms with E-state index in [0.717, 1.165) is 11.8 Å². The Balaban J connectivity index is 1.77. The Hall–Kier alpha value is -2.11. The van der Waals surface area contributed by atoms with Gasteiger partial charge >= 0.3 is 6.03 Å². The summed E-state index contributed by atoms with van der Waals surface area (Å²) in [5, 5.41) is 11.6. The highest BCUT2D eigenvalue weighted by Crippen LogP contribution is 2.11. The largest absolute Gasteiger partial charge is 0.334 e. The van der Waals surface area contributed by atoms with Crippen molar-refractivity contribution in [3.05, 3.63) is 35.4 Å². The van der Waals surface area contributed by atoms with Gasteiger partial charge < -0.3 is 10.2 Å². The molecule has 0 saturated carbocycles. The zero-order valence-corrected chi connectivity index (χ0v) is 13.8. The van der Waals surface area contributed by atoms with Crippen molar-refractivity contribution in [1.82, 2.24) is 14.9 Å².